The summed E-state index contributed by atoms with van der Waals surface area (Å²) in [6, 6.07) is -3.29. The molecule has 0 aliphatic carbocycles. The lowest BCUT2D eigenvalue weighted by Crippen LogP contribution is -2.58. The van der Waals surface area contributed by atoms with Crippen molar-refractivity contribution >= 4 is 35.5 Å². The Kier molecular flexibility index (Phi) is 10.7. The third kappa shape index (κ3) is 8.35. The number of rotatable bonds is 13. The lowest BCUT2D eigenvalue weighted by atomic mass is 10.0. The molecule has 2 heterocycles. The van der Waals surface area contributed by atoms with Gasteiger partial charge in [-0.15, -0.1) is 0 Å². The molecular weight excluding hydrogens is 448 g/mol. The van der Waals surface area contributed by atoms with Crippen molar-refractivity contribution in [3.63, 3.8) is 0 Å². The van der Waals surface area contributed by atoms with E-state index >= 15 is 0 Å². The molecule has 0 bridgehead atoms. The standard InChI is InChI=1S/C21H34N6O5S/c1-12(2)17(21(31)32)27-19(29)15(6-8-33-3)25-20(30)16(9-13-10-22-11-24-13)26-18(28)14-5-4-7-23-14/h10-12,14-17,23H,4-9H2,1-3H3,(H,22,24)(H,25,30)(H,26,28)(H,27,29)(H,31,32). The van der Waals surface area contributed by atoms with E-state index in [2.05, 4.69) is 31.2 Å². The fraction of sp³-hybridized carbons (Fsp3) is 0.667. The number of carboxylic acids is 1. The van der Waals surface area contributed by atoms with Crippen LogP contribution in [0.5, 0.6) is 0 Å². The third-order valence-electron chi connectivity index (χ3n) is 5.46. The Hall–Kier alpha value is -2.60. The Morgan fingerprint density at radius 2 is 1.91 bits per heavy atom. The first-order chi connectivity index (χ1) is 15.7. The van der Waals surface area contributed by atoms with Gasteiger partial charge in [-0.05, 0) is 43.7 Å². The number of hydrogen-bond acceptors (Lipinski definition) is 7. The largest absolute Gasteiger partial charge is 0.480 e. The molecule has 1 aliphatic heterocycles. The molecule has 0 aromatic carbocycles. The normalized spacial score (nSPS) is 18.4. The third-order valence-corrected chi connectivity index (χ3v) is 6.11. The first-order valence-corrected chi connectivity index (χ1v) is 12.5. The van der Waals surface area contributed by atoms with Gasteiger partial charge < -0.3 is 31.4 Å². The van der Waals surface area contributed by atoms with Gasteiger partial charge in [0.1, 0.15) is 18.1 Å². The van der Waals surface area contributed by atoms with Crippen LogP contribution < -0.4 is 21.3 Å². The van der Waals surface area contributed by atoms with Crippen molar-refractivity contribution in [2.75, 3.05) is 18.6 Å². The van der Waals surface area contributed by atoms with Crippen molar-refractivity contribution in [1.82, 2.24) is 31.2 Å². The molecule has 4 unspecified atom stereocenters. The second kappa shape index (κ2) is 13.2. The number of carbonyl (C=O) groups is 4. The quantitative estimate of drug-likeness (QED) is 0.222. The molecule has 11 nitrogen and oxygen atoms in total. The highest BCUT2D eigenvalue weighted by atomic mass is 32.2. The maximum atomic E-state index is 13.2. The molecule has 1 fully saturated rings. The van der Waals surface area contributed by atoms with Gasteiger partial charge >= 0.3 is 5.97 Å². The number of hydrogen-bond donors (Lipinski definition) is 6. The molecule has 0 spiro atoms. The second-order valence-corrected chi connectivity index (χ2v) is 9.39. The van der Waals surface area contributed by atoms with Crippen molar-refractivity contribution < 1.29 is 24.3 Å². The van der Waals surface area contributed by atoms with E-state index in [1.165, 1.54) is 18.1 Å². The number of aliphatic carboxylic acids is 1. The highest BCUT2D eigenvalue weighted by Crippen LogP contribution is 2.09. The number of thioether (sulfide) groups is 1. The van der Waals surface area contributed by atoms with Crippen LogP contribution in [0.4, 0.5) is 0 Å². The second-order valence-electron chi connectivity index (χ2n) is 8.40. The molecular formula is C21H34N6O5S. The van der Waals surface area contributed by atoms with E-state index in [9.17, 15) is 24.3 Å². The van der Waals surface area contributed by atoms with Crippen LogP contribution in [0, 0.1) is 5.92 Å². The fourth-order valence-corrected chi connectivity index (χ4v) is 4.02. The zero-order valence-electron chi connectivity index (χ0n) is 19.2. The smallest absolute Gasteiger partial charge is 0.326 e. The van der Waals surface area contributed by atoms with Crippen molar-refractivity contribution in [2.45, 2.75) is 63.7 Å². The molecule has 0 saturated carbocycles. The number of amides is 3. The molecule has 1 aromatic rings. The molecule has 33 heavy (non-hydrogen) atoms. The lowest BCUT2D eigenvalue weighted by molar-refractivity contribution is -0.143. The van der Waals surface area contributed by atoms with E-state index < -0.39 is 35.9 Å². The zero-order chi connectivity index (χ0) is 24.4. The van der Waals surface area contributed by atoms with Crippen molar-refractivity contribution in [1.29, 1.82) is 0 Å². The Bertz CT molecular complexity index is 797. The van der Waals surface area contributed by atoms with Crippen molar-refractivity contribution in [2.24, 2.45) is 5.92 Å². The Labute approximate surface area is 197 Å². The van der Waals surface area contributed by atoms with Gasteiger partial charge in [-0.2, -0.15) is 11.8 Å². The summed E-state index contributed by atoms with van der Waals surface area (Å²) in [5, 5.41) is 20.5. The maximum absolute atomic E-state index is 13.2. The van der Waals surface area contributed by atoms with E-state index in [0.717, 1.165) is 13.0 Å². The molecule has 1 aromatic heterocycles. The number of aromatic nitrogens is 2. The van der Waals surface area contributed by atoms with Gasteiger partial charge in [0.05, 0.1) is 12.4 Å². The summed E-state index contributed by atoms with van der Waals surface area (Å²) in [5.41, 5.74) is 0.658. The number of carbonyl (C=O) groups excluding carboxylic acids is 3. The summed E-state index contributed by atoms with van der Waals surface area (Å²) in [4.78, 5) is 57.1. The molecule has 1 aliphatic rings. The van der Waals surface area contributed by atoms with E-state index in [0.29, 0.717) is 24.3 Å². The molecule has 184 valence electrons. The van der Waals surface area contributed by atoms with Gasteiger partial charge in [0, 0.05) is 18.3 Å². The summed E-state index contributed by atoms with van der Waals surface area (Å²) in [7, 11) is 0. The Morgan fingerprint density at radius 3 is 2.45 bits per heavy atom. The highest BCUT2D eigenvalue weighted by molar-refractivity contribution is 7.98. The zero-order valence-corrected chi connectivity index (χ0v) is 20.0. The predicted octanol–water partition coefficient (Wildman–Crippen LogP) is -0.348. The van der Waals surface area contributed by atoms with Gasteiger partial charge in [-0.1, -0.05) is 13.8 Å². The topological polar surface area (TPSA) is 165 Å². The number of aromatic amines is 1. The number of imidazole rings is 1. The van der Waals surface area contributed by atoms with Gasteiger partial charge in [0.25, 0.3) is 0 Å². The number of H-pyrrole nitrogens is 1. The molecule has 0 radical (unpaired) electrons. The van der Waals surface area contributed by atoms with Crippen LogP contribution in [0.25, 0.3) is 0 Å². The fourth-order valence-electron chi connectivity index (χ4n) is 3.55. The van der Waals surface area contributed by atoms with E-state index in [-0.39, 0.29) is 24.3 Å². The van der Waals surface area contributed by atoms with Crippen molar-refractivity contribution in [3.8, 4) is 0 Å². The summed E-state index contributed by atoms with van der Waals surface area (Å²) in [6.45, 7) is 4.14. The van der Waals surface area contributed by atoms with Crippen molar-refractivity contribution in [3.05, 3.63) is 18.2 Å². The van der Waals surface area contributed by atoms with Crippen LogP contribution >= 0.6 is 11.8 Å². The first-order valence-electron chi connectivity index (χ1n) is 11.1. The van der Waals surface area contributed by atoms with Crippen LogP contribution in [0.15, 0.2) is 12.5 Å². The SMILES string of the molecule is CSCCC(NC(=O)C(Cc1cnc[nH]1)NC(=O)C1CCCN1)C(=O)NC(C(=O)O)C(C)C. The minimum atomic E-state index is -1.14. The van der Waals surface area contributed by atoms with Crippen LogP contribution in [-0.2, 0) is 25.6 Å². The summed E-state index contributed by atoms with van der Waals surface area (Å²) >= 11 is 1.51. The minimum Gasteiger partial charge on any atom is -0.480 e. The molecule has 4 atom stereocenters. The number of carboxylic acid groups (broad SMARTS) is 1. The van der Waals surface area contributed by atoms with Crippen LogP contribution in [0.1, 0.15) is 38.8 Å². The Morgan fingerprint density at radius 1 is 1.18 bits per heavy atom. The van der Waals surface area contributed by atoms with Crippen LogP contribution in [-0.4, -0.2) is 81.5 Å². The molecule has 12 heteroatoms. The maximum Gasteiger partial charge on any atom is 0.326 e. The van der Waals surface area contributed by atoms with E-state index in [4.69, 9.17) is 0 Å². The van der Waals surface area contributed by atoms with Crippen LogP contribution in [0.2, 0.25) is 0 Å². The first kappa shape index (κ1) is 26.7. The lowest BCUT2D eigenvalue weighted by Gasteiger charge is -2.26. The summed E-state index contributed by atoms with van der Waals surface area (Å²) < 4.78 is 0. The average Bonchev–Trinajstić information content (AvgIpc) is 3.47. The van der Waals surface area contributed by atoms with Gasteiger partial charge in [-0.3, -0.25) is 14.4 Å². The molecule has 2 rings (SSSR count). The molecule has 1 saturated heterocycles. The highest BCUT2D eigenvalue weighted by Gasteiger charge is 2.32. The Balaban J connectivity index is 2.13. The van der Waals surface area contributed by atoms with E-state index in [1.54, 1.807) is 20.0 Å². The summed E-state index contributed by atoms with van der Waals surface area (Å²) in [6.07, 6.45) is 6.99. The van der Waals surface area contributed by atoms with Crippen LogP contribution in [0.3, 0.4) is 0 Å². The predicted molar refractivity (Wildman–Crippen MR) is 125 cm³/mol. The van der Waals surface area contributed by atoms with Gasteiger partial charge in [0.2, 0.25) is 17.7 Å². The minimum absolute atomic E-state index is 0.172. The van der Waals surface area contributed by atoms with Gasteiger partial charge in [-0.25, -0.2) is 9.78 Å². The molecule has 3 amide bonds. The number of nitrogens with zero attached hydrogens (tertiary/aromatic N) is 1. The van der Waals surface area contributed by atoms with E-state index in [1.807, 2.05) is 6.26 Å². The average molecular weight is 483 g/mol. The summed E-state index contributed by atoms with van der Waals surface area (Å²) in [5.74, 6) is -2.24. The van der Waals surface area contributed by atoms with Gasteiger partial charge in [0.15, 0.2) is 0 Å². The monoisotopic (exact) mass is 482 g/mol. The molecule has 6 N–H and O–H groups in total. The number of nitrogens with one attached hydrogen (secondary N) is 5.